The summed E-state index contributed by atoms with van der Waals surface area (Å²) in [5, 5.41) is 1.58. The van der Waals surface area contributed by atoms with E-state index in [0.717, 1.165) is 55.4 Å². The van der Waals surface area contributed by atoms with Gasteiger partial charge < -0.3 is 10.5 Å². The van der Waals surface area contributed by atoms with Crippen LogP contribution in [0.5, 0.6) is 0 Å². The Labute approximate surface area is 175 Å². The Hall–Kier alpha value is -1.83. The maximum Gasteiger partial charge on any atom is 0.307 e. The van der Waals surface area contributed by atoms with Gasteiger partial charge in [0.05, 0.1) is 0 Å². The van der Waals surface area contributed by atoms with Crippen molar-refractivity contribution in [3.63, 3.8) is 0 Å². The van der Waals surface area contributed by atoms with Gasteiger partial charge in [-0.3, -0.25) is 14.2 Å². The summed E-state index contributed by atoms with van der Waals surface area (Å²) in [6.07, 6.45) is 8.34. The van der Waals surface area contributed by atoms with Gasteiger partial charge in [0.1, 0.15) is 0 Å². The highest BCUT2D eigenvalue weighted by molar-refractivity contribution is 7.97. The second kappa shape index (κ2) is 8.50. The predicted octanol–water partition coefficient (Wildman–Crippen LogP) is 3.66. The van der Waals surface area contributed by atoms with E-state index >= 15 is 0 Å². The third kappa shape index (κ3) is 4.09. The number of esters is 1. The lowest BCUT2D eigenvalue weighted by atomic mass is 10.1. The molecule has 2 fully saturated rings. The van der Waals surface area contributed by atoms with Gasteiger partial charge in [-0.15, -0.1) is 0 Å². The van der Waals surface area contributed by atoms with E-state index < -0.39 is 0 Å². The number of ether oxygens (including phenoxy) is 1. The molecule has 156 valence electrons. The molecule has 1 aliphatic carbocycles. The predicted molar refractivity (Wildman–Crippen MR) is 116 cm³/mol. The first-order chi connectivity index (χ1) is 14.0. The summed E-state index contributed by atoms with van der Waals surface area (Å²) < 4.78 is 9.16. The summed E-state index contributed by atoms with van der Waals surface area (Å²) in [6, 6.07) is 8.01. The highest BCUT2D eigenvalue weighted by Gasteiger charge is 2.56. The molecule has 1 unspecified atom stereocenters. The zero-order valence-corrected chi connectivity index (χ0v) is 17.7. The van der Waals surface area contributed by atoms with E-state index in [-0.39, 0.29) is 29.8 Å². The van der Waals surface area contributed by atoms with Gasteiger partial charge in [0.2, 0.25) is 0 Å². The SMILES string of the molecule is CCCCCC(=O)OCn1ccc2c(SN3CCC(N)C34CC4)cccc2c1=O. The second-order valence-corrected chi connectivity index (χ2v) is 9.17. The van der Waals surface area contributed by atoms with Crippen molar-refractivity contribution in [3.8, 4) is 0 Å². The molecule has 1 aromatic heterocycles. The average molecular weight is 416 g/mol. The molecule has 0 bridgehead atoms. The third-order valence-corrected chi connectivity index (χ3v) is 7.45. The summed E-state index contributed by atoms with van der Waals surface area (Å²) in [4.78, 5) is 25.8. The number of carbonyl (C=O) groups excluding carboxylic acids is 1. The van der Waals surface area contributed by atoms with Crippen LogP contribution in [-0.2, 0) is 16.3 Å². The topological polar surface area (TPSA) is 77.6 Å². The van der Waals surface area contributed by atoms with Crippen LogP contribution in [-0.4, -0.2) is 33.0 Å². The largest absolute Gasteiger partial charge is 0.444 e. The fourth-order valence-corrected chi connectivity index (χ4v) is 5.49. The molecule has 4 rings (SSSR count). The highest BCUT2D eigenvalue weighted by Crippen LogP contribution is 2.53. The van der Waals surface area contributed by atoms with Gasteiger partial charge in [-0.25, -0.2) is 4.31 Å². The second-order valence-electron chi connectivity index (χ2n) is 8.10. The first-order valence-electron chi connectivity index (χ1n) is 10.5. The number of rotatable bonds is 8. The first-order valence-corrected chi connectivity index (χ1v) is 11.3. The summed E-state index contributed by atoms with van der Waals surface area (Å²) in [5.41, 5.74) is 6.33. The van der Waals surface area contributed by atoms with E-state index in [4.69, 9.17) is 10.5 Å². The molecule has 1 spiro atoms. The minimum atomic E-state index is -0.255. The number of pyridine rings is 1. The number of unbranched alkanes of at least 4 members (excludes halogenated alkanes) is 2. The minimum Gasteiger partial charge on any atom is -0.444 e. The molecule has 1 saturated heterocycles. The third-order valence-electron chi connectivity index (χ3n) is 6.13. The molecule has 6 nitrogen and oxygen atoms in total. The van der Waals surface area contributed by atoms with E-state index in [0.29, 0.717) is 11.8 Å². The van der Waals surface area contributed by atoms with Crippen LogP contribution in [0.4, 0.5) is 0 Å². The molecule has 1 atom stereocenters. The van der Waals surface area contributed by atoms with E-state index in [9.17, 15) is 9.59 Å². The Morgan fingerprint density at radius 2 is 2.10 bits per heavy atom. The van der Waals surface area contributed by atoms with Crippen LogP contribution < -0.4 is 11.3 Å². The van der Waals surface area contributed by atoms with Gasteiger partial charge in [0.15, 0.2) is 6.73 Å². The van der Waals surface area contributed by atoms with Crippen molar-refractivity contribution >= 4 is 28.7 Å². The number of nitrogens with zero attached hydrogens (tertiary/aromatic N) is 2. The molecule has 7 heteroatoms. The summed E-state index contributed by atoms with van der Waals surface area (Å²) >= 11 is 1.72. The fraction of sp³-hybridized carbons (Fsp3) is 0.545. The van der Waals surface area contributed by atoms with E-state index in [1.165, 1.54) is 4.57 Å². The minimum absolute atomic E-state index is 0.0405. The molecule has 1 aliphatic heterocycles. The lowest BCUT2D eigenvalue weighted by Crippen LogP contribution is -2.38. The zero-order valence-electron chi connectivity index (χ0n) is 16.9. The van der Waals surface area contributed by atoms with Crippen LogP contribution >= 0.6 is 11.9 Å². The van der Waals surface area contributed by atoms with Crippen LogP contribution in [0, 0.1) is 0 Å². The van der Waals surface area contributed by atoms with E-state index in [1.807, 2.05) is 18.2 Å². The summed E-state index contributed by atoms with van der Waals surface area (Å²) in [5.74, 6) is -0.255. The number of benzene rings is 1. The van der Waals surface area contributed by atoms with E-state index in [2.05, 4.69) is 17.3 Å². The van der Waals surface area contributed by atoms with Gasteiger partial charge >= 0.3 is 5.97 Å². The van der Waals surface area contributed by atoms with Gasteiger partial charge in [0.25, 0.3) is 5.56 Å². The molecule has 2 aliphatic rings. The Morgan fingerprint density at radius 1 is 1.28 bits per heavy atom. The van der Waals surface area contributed by atoms with Crippen molar-refractivity contribution in [1.29, 1.82) is 0 Å². The molecule has 29 heavy (non-hydrogen) atoms. The Balaban J connectivity index is 1.49. The smallest absolute Gasteiger partial charge is 0.307 e. The molecule has 1 aromatic carbocycles. The van der Waals surface area contributed by atoms with Crippen LogP contribution in [0.2, 0.25) is 0 Å². The Bertz CT molecular complexity index is 954. The zero-order chi connectivity index (χ0) is 20.4. The number of aromatic nitrogens is 1. The fourth-order valence-electron chi connectivity index (χ4n) is 4.14. The molecule has 2 heterocycles. The van der Waals surface area contributed by atoms with Gasteiger partial charge in [-0.05, 0) is 55.8 Å². The lowest BCUT2D eigenvalue weighted by Gasteiger charge is -2.25. The summed E-state index contributed by atoms with van der Waals surface area (Å²) in [6.45, 7) is 3.03. The number of carbonyl (C=O) groups is 1. The normalized spacial score (nSPS) is 20.4. The maximum absolute atomic E-state index is 12.9. The van der Waals surface area contributed by atoms with Crippen molar-refractivity contribution in [2.75, 3.05) is 6.54 Å². The molecule has 1 saturated carbocycles. The Morgan fingerprint density at radius 3 is 2.86 bits per heavy atom. The van der Waals surface area contributed by atoms with Crippen LogP contribution in [0.15, 0.2) is 40.2 Å². The molecule has 0 radical (unpaired) electrons. The van der Waals surface area contributed by atoms with Crippen molar-refractivity contribution in [3.05, 3.63) is 40.8 Å². The highest BCUT2D eigenvalue weighted by atomic mass is 32.2. The van der Waals surface area contributed by atoms with Crippen molar-refractivity contribution in [2.24, 2.45) is 5.73 Å². The number of nitrogens with two attached hydrogens (primary N) is 1. The van der Waals surface area contributed by atoms with Crippen molar-refractivity contribution in [2.45, 2.75) is 75.1 Å². The lowest BCUT2D eigenvalue weighted by molar-refractivity contribution is -0.147. The summed E-state index contributed by atoms with van der Waals surface area (Å²) in [7, 11) is 0. The number of hydrogen-bond donors (Lipinski definition) is 1. The van der Waals surface area contributed by atoms with Gasteiger partial charge in [-0.2, -0.15) is 0 Å². The van der Waals surface area contributed by atoms with Crippen LogP contribution in [0.3, 0.4) is 0 Å². The standard InChI is InChI=1S/C22H29N3O3S/c1-2-3-4-8-20(26)28-15-24-13-9-16-17(21(24)27)6-5-7-18(16)29-25-14-10-19(23)22(25)11-12-22/h5-7,9,13,19H,2-4,8,10-12,14-15,23H2,1H3. The monoisotopic (exact) mass is 415 g/mol. The van der Waals surface area contributed by atoms with E-state index in [1.54, 1.807) is 18.1 Å². The Kier molecular flexibility index (Phi) is 5.99. The van der Waals surface area contributed by atoms with Crippen LogP contribution in [0.1, 0.15) is 51.9 Å². The number of fused-ring (bicyclic) bond motifs is 1. The molecule has 2 N–H and O–H groups in total. The average Bonchev–Trinajstić information content (AvgIpc) is 3.47. The quantitative estimate of drug-likeness (QED) is 0.403. The maximum atomic E-state index is 12.9. The molecular weight excluding hydrogens is 386 g/mol. The van der Waals surface area contributed by atoms with Crippen molar-refractivity contribution < 1.29 is 9.53 Å². The van der Waals surface area contributed by atoms with Gasteiger partial charge in [0, 0.05) is 46.4 Å². The van der Waals surface area contributed by atoms with Crippen molar-refractivity contribution in [1.82, 2.24) is 8.87 Å². The first kappa shape index (κ1) is 20.4. The molecule has 0 amide bonds. The molecule has 2 aromatic rings. The number of hydrogen-bond acceptors (Lipinski definition) is 6. The van der Waals surface area contributed by atoms with Gasteiger partial charge in [-0.1, -0.05) is 25.8 Å². The molecular formula is C22H29N3O3S. The van der Waals surface area contributed by atoms with Crippen LogP contribution in [0.25, 0.3) is 10.8 Å².